The van der Waals surface area contributed by atoms with Gasteiger partial charge in [-0.25, -0.2) is 4.98 Å². The molecule has 0 aliphatic heterocycles. The summed E-state index contributed by atoms with van der Waals surface area (Å²) >= 11 is 4.98. The van der Waals surface area contributed by atoms with Crippen LogP contribution in [-0.2, 0) is 5.38 Å². The fourth-order valence-electron chi connectivity index (χ4n) is 2.39. The van der Waals surface area contributed by atoms with Crippen molar-refractivity contribution in [1.82, 2.24) is 9.97 Å². The average molecular weight is 368 g/mol. The molecule has 0 radical (unpaired) electrons. The van der Waals surface area contributed by atoms with Gasteiger partial charge in [0.25, 0.3) is 5.69 Å². The smallest absolute Gasteiger partial charge is 0.361 e. The number of hydrogen-bond donors (Lipinski definition) is 1. The number of rotatable bonds is 7. The third-order valence-corrected chi connectivity index (χ3v) is 3.50. The van der Waals surface area contributed by atoms with Crippen LogP contribution in [0.1, 0.15) is 11.4 Å². The monoisotopic (exact) mass is 367 g/mol. The number of fused-ring (bicyclic) bond motifs is 1. The Hall–Kier alpha value is -2.99. The third kappa shape index (κ3) is 3.44. The van der Waals surface area contributed by atoms with Crippen LogP contribution in [0.3, 0.4) is 0 Å². The third-order valence-electron chi connectivity index (χ3n) is 3.32. The van der Waals surface area contributed by atoms with E-state index in [2.05, 4.69) is 23.1 Å². The molecule has 0 atom stereocenters. The first kappa shape index (κ1) is 18.4. The van der Waals surface area contributed by atoms with Crippen LogP contribution < -0.4 is 4.90 Å². The van der Waals surface area contributed by atoms with Crippen LogP contribution in [-0.4, -0.2) is 28.0 Å². The lowest BCUT2D eigenvalue weighted by atomic mass is 10.1. The molecular weight excluding hydrogens is 356 g/mol. The standard InChI is InChI=1S/C15H12ClF2N5O2/c1-3-5-22(6-4-2)13-9(8-19)7-10(23(24)25)11-12(13)21-14(20-11)15(16,17)18/h3-4,7H,1-2,5-6H2,(H,20,21). The summed E-state index contributed by atoms with van der Waals surface area (Å²) < 4.78 is 26.9. The number of aromatic nitrogens is 2. The van der Waals surface area contributed by atoms with E-state index in [-0.39, 0.29) is 35.4 Å². The zero-order chi connectivity index (χ0) is 18.8. The summed E-state index contributed by atoms with van der Waals surface area (Å²) in [5.41, 5.74) is -0.855. The minimum atomic E-state index is -3.85. The summed E-state index contributed by atoms with van der Waals surface area (Å²) in [6.45, 7) is 7.70. The second kappa shape index (κ2) is 6.86. The van der Waals surface area contributed by atoms with Crippen molar-refractivity contribution >= 4 is 34.0 Å². The van der Waals surface area contributed by atoms with Crippen molar-refractivity contribution in [3.63, 3.8) is 0 Å². The summed E-state index contributed by atoms with van der Waals surface area (Å²) in [5, 5.41) is 16.8. The number of non-ortho nitro benzene ring substituents is 1. The van der Waals surface area contributed by atoms with Gasteiger partial charge in [0.15, 0.2) is 11.3 Å². The Morgan fingerprint density at radius 1 is 1.48 bits per heavy atom. The van der Waals surface area contributed by atoms with Gasteiger partial charge in [-0.05, 0) is 11.6 Å². The molecular formula is C15H12ClF2N5O2. The molecule has 130 valence electrons. The Kier molecular flexibility index (Phi) is 5.04. The maximum Gasteiger partial charge on any atom is 0.379 e. The molecule has 0 unspecified atom stereocenters. The molecule has 7 nitrogen and oxygen atoms in total. The molecule has 0 fully saturated rings. The summed E-state index contributed by atoms with van der Waals surface area (Å²) in [4.78, 5) is 17.9. The molecule has 1 aromatic heterocycles. The van der Waals surface area contributed by atoms with Gasteiger partial charge in [0.05, 0.1) is 21.7 Å². The van der Waals surface area contributed by atoms with Gasteiger partial charge in [-0.15, -0.1) is 13.2 Å². The molecule has 1 heterocycles. The second-order valence-corrected chi connectivity index (χ2v) is 5.42. The molecule has 1 N–H and O–H groups in total. The van der Waals surface area contributed by atoms with Crippen LogP contribution in [0, 0.1) is 21.4 Å². The number of nitriles is 1. The van der Waals surface area contributed by atoms with Gasteiger partial charge in [-0.3, -0.25) is 10.1 Å². The second-order valence-electron chi connectivity index (χ2n) is 4.95. The molecule has 0 saturated heterocycles. The number of nitro groups is 1. The number of halogens is 3. The molecule has 0 saturated carbocycles. The lowest BCUT2D eigenvalue weighted by Gasteiger charge is -2.23. The number of aromatic amines is 1. The van der Waals surface area contributed by atoms with Crippen LogP contribution >= 0.6 is 11.6 Å². The van der Waals surface area contributed by atoms with E-state index in [1.54, 1.807) is 4.90 Å². The predicted octanol–water partition coefficient (Wildman–Crippen LogP) is 3.81. The van der Waals surface area contributed by atoms with E-state index in [9.17, 15) is 24.2 Å². The fourth-order valence-corrected chi connectivity index (χ4v) is 2.48. The number of imidazole rings is 1. The largest absolute Gasteiger partial charge is 0.379 e. The normalized spacial score (nSPS) is 11.1. The van der Waals surface area contributed by atoms with Crippen molar-refractivity contribution in [2.75, 3.05) is 18.0 Å². The van der Waals surface area contributed by atoms with Crippen molar-refractivity contribution < 1.29 is 13.7 Å². The van der Waals surface area contributed by atoms with Crippen molar-refractivity contribution in [1.29, 1.82) is 5.26 Å². The Morgan fingerprint density at radius 3 is 2.52 bits per heavy atom. The number of anilines is 1. The molecule has 0 aliphatic carbocycles. The summed E-state index contributed by atoms with van der Waals surface area (Å²) in [6.07, 6.45) is 3.07. The van der Waals surface area contributed by atoms with Gasteiger partial charge < -0.3 is 9.88 Å². The molecule has 0 amide bonds. The first-order chi connectivity index (χ1) is 11.7. The molecule has 10 heteroatoms. The van der Waals surface area contributed by atoms with Crippen LogP contribution in [0.5, 0.6) is 0 Å². The maximum absolute atomic E-state index is 13.4. The van der Waals surface area contributed by atoms with Crippen molar-refractivity contribution in [3.8, 4) is 6.07 Å². The molecule has 0 spiro atoms. The van der Waals surface area contributed by atoms with Gasteiger partial charge >= 0.3 is 5.38 Å². The first-order valence-electron chi connectivity index (χ1n) is 6.89. The Labute approximate surface area is 146 Å². The Balaban J connectivity index is 2.92. The number of H-pyrrole nitrogens is 1. The molecule has 1 aromatic carbocycles. The topological polar surface area (TPSA) is 98.8 Å². The van der Waals surface area contributed by atoms with E-state index >= 15 is 0 Å². The van der Waals surface area contributed by atoms with Gasteiger partial charge in [0, 0.05) is 19.2 Å². The van der Waals surface area contributed by atoms with Crippen LogP contribution in [0.4, 0.5) is 20.2 Å². The van der Waals surface area contributed by atoms with Crippen molar-refractivity contribution in [2.24, 2.45) is 0 Å². The van der Waals surface area contributed by atoms with Gasteiger partial charge in [0.2, 0.25) is 0 Å². The van der Waals surface area contributed by atoms with Crippen molar-refractivity contribution in [2.45, 2.75) is 5.38 Å². The fraction of sp³-hybridized carbons (Fsp3) is 0.200. The zero-order valence-corrected chi connectivity index (χ0v) is 13.6. The van der Waals surface area contributed by atoms with Crippen LogP contribution in [0.15, 0.2) is 31.4 Å². The zero-order valence-electron chi connectivity index (χ0n) is 12.8. The highest BCUT2D eigenvalue weighted by molar-refractivity contribution is 6.21. The summed E-state index contributed by atoms with van der Waals surface area (Å²) in [7, 11) is 0. The van der Waals surface area contributed by atoms with Gasteiger partial charge in [0.1, 0.15) is 6.07 Å². The number of nitro benzene ring substituents is 1. The van der Waals surface area contributed by atoms with Gasteiger partial charge in [-0.1, -0.05) is 12.2 Å². The average Bonchev–Trinajstić information content (AvgIpc) is 2.98. The van der Waals surface area contributed by atoms with E-state index in [0.29, 0.717) is 0 Å². The number of alkyl halides is 3. The Bertz CT molecular complexity index is 888. The molecule has 2 aromatic rings. The summed E-state index contributed by atoms with van der Waals surface area (Å²) in [6, 6.07) is 2.84. The highest BCUT2D eigenvalue weighted by Gasteiger charge is 2.35. The molecule has 2 rings (SSSR count). The quantitative estimate of drug-likeness (QED) is 0.347. The SMILES string of the molecule is C=CCN(CC=C)c1c(C#N)cc([N+](=O)[O-])c2nc(C(F)(F)Cl)[nH]c12. The number of hydrogen-bond acceptors (Lipinski definition) is 5. The minimum absolute atomic E-state index is 0.0732. The van der Waals surface area contributed by atoms with Crippen molar-refractivity contribution in [3.05, 3.63) is 52.9 Å². The number of nitrogens with one attached hydrogen (secondary N) is 1. The first-order valence-corrected chi connectivity index (χ1v) is 7.27. The van der Waals surface area contributed by atoms with Crippen LogP contribution in [0.25, 0.3) is 11.0 Å². The van der Waals surface area contributed by atoms with Gasteiger partial charge in [-0.2, -0.15) is 14.0 Å². The number of benzene rings is 1. The van der Waals surface area contributed by atoms with E-state index in [0.717, 1.165) is 6.07 Å². The van der Waals surface area contributed by atoms with Crippen LogP contribution in [0.2, 0.25) is 0 Å². The van der Waals surface area contributed by atoms with E-state index < -0.39 is 21.8 Å². The Morgan fingerprint density at radius 2 is 2.08 bits per heavy atom. The van der Waals surface area contributed by atoms with E-state index in [1.807, 2.05) is 6.07 Å². The lowest BCUT2D eigenvalue weighted by Crippen LogP contribution is -2.24. The highest BCUT2D eigenvalue weighted by atomic mass is 35.5. The molecule has 0 bridgehead atoms. The van der Waals surface area contributed by atoms with E-state index in [1.165, 1.54) is 12.2 Å². The predicted molar refractivity (Wildman–Crippen MR) is 89.8 cm³/mol. The van der Waals surface area contributed by atoms with E-state index in [4.69, 9.17) is 11.6 Å². The molecule has 25 heavy (non-hydrogen) atoms. The number of nitrogens with zero attached hydrogens (tertiary/aromatic N) is 4. The highest BCUT2D eigenvalue weighted by Crippen LogP contribution is 2.39. The summed E-state index contributed by atoms with van der Waals surface area (Å²) in [5.74, 6) is -0.944. The molecule has 0 aliphatic rings. The minimum Gasteiger partial charge on any atom is -0.361 e. The lowest BCUT2D eigenvalue weighted by molar-refractivity contribution is -0.383. The maximum atomic E-state index is 13.4.